The minimum absolute atomic E-state index is 0.210. The number of aliphatic hydroxyl groups excluding tert-OH is 1. The molecule has 3 nitrogen and oxygen atoms in total. The molecule has 4 heteroatoms. The molecule has 0 aromatic heterocycles. The fourth-order valence-electron chi connectivity index (χ4n) is 2.56. The number of likely N-dealkylation sites (tertiary alicyclic amines) is 1. The number of benzene rings is 1. The van der Waals surface area contributed by atoms with Crippen LogP contribution in [0.25, 0.3) is 0 Å². The zero-order chi connectivity index (χ0) is 14.4. The molecule has 1 fully saturated rings. The van der Waals surface area contributed by atoms with Crippen molar-refractivity contribution in [2.24, 2.45) is 5.92 Å². The number of nitrogens with zero attached hydrogens (tertiary/aromatic N) is 1. The third-order valence-electron chi connectivity index (χ3n) is 3.53. The fraction of sp³-hybridized carbons (Fsp3) is 0.500. The lowest BCUT2D eigenvalue weighted by atomic mass is 10.1. The predicted molar refractivity (Wildman–Crippen MR) is 75.6 cm³/mol. The van der Waals surface area contributed by atoms with Gasteiger partial charge in [0.2, 0.25) is 0 Å². The Balaban J connectivity index is 1.97. The molecule has 2 rings (SSSR count). The summed E-state index contributed by atoms with van der Waals surface area (Å²) in [5.41, 5.74) is 1.29. The summed E-state index contributed by atoms with van der Waals surface area (Å²) in [6.07, 6.45) is 1.11. The molecule has 1 atom stereocenters. The van der Waals surface area contributed by atoms with Crippen molar-refractivity contribution in [2.45, 2.75) is 13.0 Å². The summed E-state index contributed by atoms with van der Waals surface area (Å²) in [5.74, 6) is 5.55. The summed E-state index contributed by atoms with van der Waals surface area (Å²) >= 11 is 0. The van der Waals surface area contributed by atoms with Gasteiger partial charge in [-0.25, -0.2) is 4.39 Å². The maximum Gasteiger partial charge on any atom is 0.128 e. The lowest BCUT2D eigenvalue weighted by Gasteiger charge is -2.16. The van der Waals surface area contributed by atoms with Crippen molar-refractivity contribution in [3.63, 3.8) is 0 Å². The molecule has 1 heterocycles. The van der Waals surface area contributed by atoms with Gasteiger partial charge in [0, 0.05) is 31.3 Å². The molecule has 0 spiro atoms. The second-order valence-corrected chi connectivity index (χ2v) is 5.11. The van der Waals surface area contributed by atoms with Crippen LogP contribution in [0.15, 0.2) is 18.2 Å². The molecule has 1 aromatic rings. The zero-order valence-corrected chi connectivity index (χ0v) is 11.7. The van der Waals surface area contributed by atoms with Crippen LogP contribution < -0.4 is 0 Å². The van der Waals surface area contributed by atoms with Crippen LogP contribution in [-0.2, 0) is 11.3 Å². The molecule has 1 N–H and O–H groups in total. The van der Waals surface area contributed by atoms with Crippen LogP contribution in [0.3, 0.4) is 0 Å². The number of hydrogen-bond donors (Lipinski definition) is 1. The summed E-state index contributed by atoms with van der Waals surface area (Å²) < 4.78 is 19.2. The number of ether oxygens (including phenoxy) is 1. The number of rotatable bonds is 4. The Morgan fingerprint density at radius 2 is 2.35 bits per heavy atom. The Labute approximate surface area is 119 Å². The molecular weight excluding hydrogens is 257 g/mol. The number of methoxy groups -OCH3 is 1. The monoisotopic (exact) mass is 277 g/mol. The molecule has 1 saturated heterocycles. The predicted octanol–water partition coefficient (Wildman–Crippen LogP) is 1.64. The summed E-state index contributed by atoms with van der Waals surface area (Å²) in [7, 11) is 1.72. The van der Waals surface area contributed by atoms with Gasteiger partial charge in [0.15, 0.2) is 0 Å². The molecule has 0 aliphatic carbocycles. The average Bonchev–Trinajstić information content (AvgIpc) is 2.87. The van der Waals surface area contributed by atoms with E-state index in [0.717, 1.165) is 26.1 Å². The highest BCUT2D eigenvalue weighted by molar-refractivity contribution is 5.37. The van der Waals surface area contributed by atoms with Gasteiger partial charge in [-0.1, -0.05) is 17.9 Å². The van der Waals surface area contributed by atoms with E-state index in [-0.39, 0.29) is 12.4 Å². The van der Waals surface area contributed by atoms with E-state index >= 15 is 0 Å². The number of hydrogen-bond acceptors (Lipinski definition) is 3. The van der Waals surface area contributed by atoms with Crippen LogP contribution >= 0.6 is 0 Å². The van der Waals surface area contributed by atoms with Gasteiger partial charge in [0.1, 0.15) is 12.4 Å². The summed E-state index contributed by atoms with van der Waals surface area (Å²) in [6.45, 7) is 3.13. The molecule has 20 heavy (non-hydrogen) atoms. The van der Waals surface area contributed by atoms with Crippen molar-refractivity contribution >= 4 is 0 Å². The smallest absolute Gasteiger partial charge is 0.128 e. The molecule has 0 amide bonds. The standard InChI is InChI=1S/C16H20FNO2/c1-20-12-14-6-7-18(10-14)11-15-5-4-13(3-2-8-19)9-16(15)17/h4-5,9,14,19H,6-8,10-12H2,1H3. The molecule has 108 valence electrons. The van der Waals surface area contributed by atoms with E-state index in [4.69, 9.17) is 9.84 Å². The SMILES string of the molecule is COCC1CCN(Cc2ccc(C#CCO)cc2F)C1. The third kappa shape index (κ3) is 4.04. The van der Waals surface area contributed by atoms with Crippen molar-refractivity contribution < 1.29 is 14.2 Å². The van der Waals surface area contributed by atoms with E-state index in [2.05, 4.69) is 16.7 Å². The first-order valence-corrected chi connectivity index (χ1v) is 6.82. The minimum Gasteiger partial charge on any atom is -0.384 e. The van der Waals surface area contributed by atoms with Gasteiger partial charge >= 0.3 is 0 Å². The van der Waals surface area contributed by atoms with E-state index in [1.807, 2.05) is 0 Å². The van der Waals surface area contributed by atoms with Crippen LogP contribution in [0.4, 0.5) is 4.39 Å². The maximum absolute atomic E-state index is 14.0. The third-order valence-corrected chi connectivity index (χ3v) is 3.53. The van der Waals surface area contributed by atoms with E-state index in [0.29, 0.717) is 23.6 Å². The van der Waals surface area contributed by atoms with Crippen molar-refractivity contribution in [1.82, 2.24) is 4.90 Å². The normalized spacial score (nSPS) is 18.9. The van der Waals surface area contributed by atoms with Crippen LogP contribution in [0.2, 0.25) is 0 Å². The Kier molecular flexibility index (Phi) is 5.54. The molecular formula is C16H20FNO2. The Morgan fingerprint density at radius 3 is 3.05 bits per heavy atom. The van der Waals surface area contributed by atoms with E-state index in [1.54, 1.807) is 19.2 Å². The first kappa shape index (κ1) is 15.0. The molecule has 0 bridgehead atoms. The molecule has 1 aliphatic heterocycles. The molecule has 0 radical (unpaired) electrons. The van der Waals surface area contributed by atoms with Gasteiger partial charge in [0.25, 0.3) is 0 Å². The fourth-order valence-corrected chi connectivity index (χ4v) is 2.56. The lowest BCUT2D eigenvalue weighted by molar-refractivity contribution is 0.152. The van der Waals surface area contributed by atoms with E-state index in [9.17, 15) is 4.39 Å². The van der Waals surface area contributed by atoms with Crippen LogP contribution in [0, 0.1) is 23.6 Å². The summed E-state index contributed by atoms with van der Waals surface area (Å²) in [5, 5.41) is 8.63. The molecule has 1 aliphatic rings. The van der Waals surface area contributed by atoms with E-state index < -0.39 is 0 Å². The second-order valence-electron chi connectivity index (χ2n) is 5.11. The van der Waals surface area contributed by atoms with E-state index in [1.165, 1.54) is 6.07 Å². The average molecular weight is 277 g/mol. The van der Waals surface area contributed by atoms with Gasteiger partial charge in [-0.15, -0.1) is 0 Å². The Bertz CT molecular complexity index is 507. The Hall–Kier alpha value is -1.41. The van der Waals surface area contributed by atoms with Gasteiger partial charge in [-0.3, -0.25) is 4.90 Å². The highest BCUT2D eigenvalue weighted by Gasteiger charge is 2.22. The minimum atomic E-state index is -0.232. The molecule has 0 saturated carbocycles. The van der Waals surface area contributed by atoms with Crippen molar-refractivity contribution in [1.29, 1.82) is 0 Å². The van der Waals surface area contributed by atoms with Crippen LogP contribution in [0.1, 0.15) is 17.5 Å². The van der Waals surface area contributed by atoms with Crippen molar-refractivity contribution in [3.8, 4) is 11.8 Å². The quantitative estimate of drug-likeness (QED) is 0.849. The maximum atomic E-state index is 14.0. The molecule has 1 unspecified atom stereocenters. The van der Waals surface area contributed by atoms with Crippen molar-refractivity contribution in [2.75, 3.05) is 33.4 Å². The number of halogens is 1. The lowest BCUT2D eigenvalue weighted by Crippen LogP contribution is -2.21. The second kappa shape index (κ2) is 7.39. The summed E-state index contributed by atoms with van der Waals surface area (Å²) in [4.78, 5) is 2.25. The topological polar surface area (TPSA) is 32.7 Å². The van der Waals surface area contributed by atoms with Crippen molar-refractivity contribution in [3.05, 3.63) is 35.1 Å². The van der Waals surface area contributed by atoms with Crippen LogP contribution in [0.5, 0.6) is 0 Å². The highest BCUT2D eigenvalue weighted by Crippen LogP contribution is 2.20. The van der Waals surface area contributed by atoms with Gasteiger partial charge in [-0.2, -0.15) is 0 Å². The first-order chi connectivity index (χ1) is 9.72. The summed E-state index contributed by atoms with van der Waals surface area (Å²) in [6, 6.07) is 5.00. The van der Waals surface area contributed by atoms with Crippen LogP contribution in [-0.4, -0.2) is 43.4 Å². The zero-order valence-electron chi connectivity index (χ0n) is 11.7. The first-order valence-electron chi connectivity index (χ1n) is 6.82. The highest BCUT2D eigenvalue weighted by atomic mass is 19.1. The molecule has 1 aromatic carbocycles. The van der Waals surface area contributed by atoms with Gasteiger partial charge < -0.3 is 9.84 Å². The van der Waals surface area contributed by atoms with Gasteiger partial charge in [0.05, 0.1) is 6.61 Å². The largest absolute Gasteiger partial charge is 0.384 e. The number of aliphatic hydroxyl groups is 1. The van der Waals surface area contributed by atoms with Gasteiger partial charge in [-0.05, 0) is 31.0 Å². The Morgan fingerprint density at radius 1 is 1.50 bits per heavy atom.